The summed E-state index contributed by atoms with van der Waals surface area (Å²) in [5, 5.41) is 0. The molecule has 5 nitrogen and oxygen atoms in total. The van der Waals surface area contributed by atoms with Gasteiger partial charge in [-0.05, 0) is 60.6 Å². The number of hydrogen-bond donors (Lipinski definition) is 0. The Morgan fingerprint density at radius 2 is 1.74 bits per heavy atom. The first kappa shape index (κ1) is 25.8. The highest BCUT2D eigenvalue weighted by Crippen LogP contribution is 2.51. The summed E-state index contributed by atoms with van der Waals surface area (Å²) in [7, 11) is 0. The number of esters is 2. The molecule has 0 amide bonds. The molecule has 0 bridgehead atoms. The second-order valence-corrected chi connectivity index (χ2v) is 10.4. The summed E-state index contributed by atoms with van der Waals surface area (Å²) < 4.78 is 17.5. The predicted octanol–water partition coefficient (Wildman–Crippen LogP) is 7.22. The van der Waals surface area contributed by atoms with Gasteiger partial charge in [0.25, 0.3) is 0 Å². The van der Waals surface area contributed by atoms with Crippen LogP contribution < -0.4 is 9.47 Å². The van der Waals surface area contributed by atoms with E-state index < -0.39 is 5.60 Å². The largest absolute Gasteiger partial charge is 0.482 e. The fourth-order valence-corrected chi connectivity index (χ4v) is 4.63. The molecule has 0 saturated heterocycles. The summed E-state index contributed by atoms with van der Waals surface area (Å²) in [6.45, 7) is 13.8. The molecule has 0 unspecified atom stereocenters. The molecule has 0 fully saturated rings. The summed E-state index contributed by atoms with van der Waals surface area (Å²) in [5.41, 5.74) is 3.98. The number of hydrogen-bond acceptors (Lipinski definition) is 5. The highest BCUT2D eigenvalue weighted by molar-refractivity contribution is 5.85. The number of benzene rings is 2. The number of rotatable bonds is 9. The van der Waals surface area contributed by atoms with E-state index in [-0.39, 0.29) is 24.0 Å². The first-order valence-electron chi connectivity index (χ1n) is 12.3. The predicted molar refractivity (Wildman–Crippen MR) is 134 cm³/mol. The molecule has 1 heterocycles. The number of carbonyl (C=O) groups is 2. The highest BCUT2D eigenvalue weighted by Gasteiger charge is 2.36. The molecule has 0 aromatic heterocycles. The fourth-order valence-electron chi connectivity index (χ4n) is 4.63. The van der Waals surface area contributed by atoms with Gasteiger partial charge in [-0.15, -0.1) is 0 Å². The lowest BCUT2D eigenvalue weighted by Crippen LogP contribution is -2.30. The molecule has 0 aliphatic carbocycles. The van der Waals surface area contributed by atoms with Crippen LogP contribution in [0.5, 0.6) is 11.5 Å². The minimum atomic E-state index is -0.570. The Morgan fingerprint density at radius 1 is 1.00 bits per heavy atom. The van der Waals surface area contributed by atoms with Gasteiger partial charge in [0.1, 0.15) is 23.7 Å². The second-order valence-electron chi connectivity index (χ2n) is 10.4. The summed E-state index contributed by atoms with van der Waals surface area (Å²) in [6.07, 6.45) is 5.84. The van der Waals surface area contributed by atoms with E-state index in [4.69, 9.17) is 14.2 Å². The minimum absolute atomic E-state index is 0.0946. The third-order valence-corrected chi connectivity index (χ3v) is 6.57. The van der Waals surface area contributed by atoms with Gasteiger partial charge in [0.05, 0.1) is 5.56 Å². The van der Waals surface area contributed by atoms with E-state index in [9.17, 15) is 9.59 Å². The van der Waals surface area contributed by atoms with Crippen molar-refractivity contribution in [1.29, 1.82) is 0 Å². The van der Waals surface area contributed by atoms with E-state index in [1.165, 1.54) is 33.1 Å². The van der Waals surface area contributed by atoms with Crippen molar-refractivity contribution < 1.29 is 23.8 Å². The number of fused-ring (bicyclic) bond motifs is 3. The standard InChI is InChI=1S/C29H38O5/c1-8-9-10-11-14-28(4,5)22-16-25(33-20(3)31)27-23-15-21(18-32-19(2)30)12-13-24(23)29(6,7)34-26(27)17-22/h12-13,15-17H,8-11,14,18H2,1-7H3. The van der Waals surface area contributed by atoms with Crippen molar-refractivity contribution in [3.8, 4) is 22.6 Å². The normalized spacial score (nSPS) is 14.0. The van der Waals surface area contributed by atoms with Crippen LogP contribution in [0.2, 0.25) is 0 Å². The van der Waals surface area contributed by atoms with E-state index in [0.29, 0.717) is 11.5 Å². The van der Waals surface area contributed by atoms with Crippen LogP contribution >= 0.6 is 0 Å². The molecule has 0 radical (unpaired) electrons. The molecular weight excluding hydrogens is 428 g/mol. The maximum Gasteiger partial charge on any atom is 0.308 e. The molecule has 2 aromatic rings. The molecule has 0 atom stereocenters. The average molecular weight is 467 g/mol. The van der Waals surface area contributed by atoms with Gasteiger partial charge < -0.3 is 14.2 Å². The molecule has 34 heavy (non-hydrogen) atoms. The molecular formula is C29H38O5. The van der Waals surface area contributed by atoms with Crippen LogP contribution in [0.1, 0.15) is 97.3 Å². The fraction of sp³-hybridized carbons (Fsp3) is 0.517. The molecule has 1 aliphatic rings. The Morgan fingerprint density at radius 3 is 2.38 bits per heavy atom. The first-order chi connectivity index (χ1) is 15.9. The SMILES string of the molecule is CCCCCCC(C)(C)c1cc(OC(C)=O)c2c(c1)OC(C)(C)c1ccc(COC(C)=O)cc1-2. The Kier molecular flexibility index (Phi) is 7.74. The van der Waals surface area contributed by atoms with E-state index in [1.807, 2.05) is 38.1 Å². The van der Waals surface area contributed by atoms with Crippen LogP contribution in [-0.4, -0.2) is 11.9 Å². The third kappa shape index (κ3) is 5.81. The Labute approximate surface area is 203 Å². The summed E-state index contributed by atoms with van der Waals surface area (Å²) in [5.74, 6) is 0.510. The quantitative estimate of drug-likeness (QED) is 0.222. The van der Waals surface area contributed by atoms with Gasteiger partial charge in [0, 0.05) is 19.4 Å². The Hall–Kier alpha value is -2.82. The van der Waals surface area contributed by atoms with Crippen LogP contribution in [0.4, 0.5) is 0 Å². The zero-order chi connectivity index (χ0) is 25.1. The minimum Gasteiger partial charge on any atom is -0.482 e. The number of carbonyl (C=O) groups excluding carboxylic acids is 2. The average Bonchev–Trinajstić information content (AvgIpc) is 2.74. The topological polar surface area (TPSA) is 61.8 Å². The lowest BCUT2D eigenvalue weighted by molar-refractivity contribution is -0.142. The van der Waals surface area contributed by atoms with Crippen molar-refractivity contribution in [2.45, 2.75) is 98.2 Å². The smallest absolute Gasteiger partial charge is 0.308 e. The van der Waals surface area contributed by atoms with Crippen molar-refractivity contribution in [3.63, 3.8) is 0 Å². The molecule has 2 aromatic carbocycles. The lowest BCUT2D eigenvalue weighted by atomic mass is 9.77. The van der Waals surface area contributed by atoms with Gasteiger partial charge in [-0.1, -0.05) is 58.6 Å². The van der Waals surface area contributed by atoms with E-state index in [1.54, 1.807) is 0 Å². The molecule has 1 aliphatic heterocycles. The van der Waals surface area contributed by atoms with Crippen molar-refractivity contribution >= 4 is 11.9 Å². The van der Waals surface area contributed by atoms with Crippen LogP contribution in [0.25, 0.3) is 11.1 Å². The zero-order valence-electron chi connectivity index (χ0n) is 21.7. The van der Waals surface area contributed by atoms with E-state index >= 15 is 0 Å². The molecule has 184 valence electrons. The van der Waals surface area contributed by atoms with Crippen molar-refractivity contribution in [2.24, 2.45) is 0 Å². The summed E-state index contributed by atoms with van der Waals surface area (Å²) >= 11 is 0. The van der Waals surface area contributed by atoms with Gasteiger partial charge in [0.2, 0.25) is 0 Å². The molecule has 0 N–H and O–H groups in total. The Balaban J connectivity index is 2.12. The zero-order valence-corrected chi connectivity index (χ0v) is 21.7. The molecule has 5 heteroatoms. The van der Waals surface area contributed by atoms with Gasteiger partial charge in [-0.25, -0.2) is 0 Å². The van der Waals surface area contributed by atoms with Gasteiger partial charge in [-0.2, -0.15) is 0 Å². The van der Waals surface area contributed by atoms with Crippen molar-refractivity contribution in [1.82, 2.24) is 0 Å². The number of unbranched alkanes of at least 4 members (excludes halogenated alkanes) is 3. The second kappa shape index (κ2) is 10.2. The number of ether oxygens (including phenoxy) is 3. The van der Waals surface area contributed by atoms with Crippen molar-refractivity contribution in [2.75, 3.05) is 0 Å². The highest BCUT2D eigenvalue weighted by atomic mass is 16.5. The van der Waals surface area contributed by atoms with E-state index in [0.717, 1.165) is 40.7 Å². The maximum atomic E-state index is 12.1. The first-order valence-corrected chi connectivity index (χ1v) is 12.3. The van der Waals surface area contributed by atoms with Crippen LogP contribution in [0.3, 0.4) is 0 Å². The lowest BCUT2D eigenvalue weighted by Gasteiger charge is -2.37. The van der Waals surface area contributed by atoms with Gasteiger partial charge in [0.15, 0.2) is 0 Å². The van der Waals surface area contributed by atoms with E-state index in [2.05, 4.69) is 26.8 Å². The summed E-state index contributed by atoms with van der Waals surface area (Å²) in [6, 6.07) is 10.0. The van der Waals surface area contributed by atoms with Crippen LogP contribution in [0, 0.1) is 0 Å². The maximum absolute atomic E-state index is 12.1. The molecule has 3 rings (SSSR count). The molecule has 0 saturated carbocycles. The summed E-state index contributed by atoms with van der Waals surface area (Å²) in [4.78, 5) is 23.4. The van der Waals surface area contributed by atoms with Crippen LogP contribution in [-0.2, 0) is 31.9 Å². The third-order valence-electron chi connectivity index (χ3n) is 6.57. The Bertz CT molecular complexity index is 1060. The van der Waals surface area contributed by atoms with Gasteiger partial charge >= 0.3 is 11.9 Å². The van der Waals surface area contributed by atoms with Crippen molar-refractivity contribution in [3.05, 3.63) is 47.0 Å². The monoisotopic (exact) mass is 466 g/mol. The van der Waals surface area contributed by atoms with Gasteiger partial charge in [-0.3, -0.25) is 9.59 Å². The molecule has 0 spiro atoms. The van der Waals surface area contributed by atoms with Crippen LogP contribution in [0.15, 0.2) is 30.3 Å².